The Morgan fingerprint density at radius 2 is 1.51 bits per heavy atom. The van der Waals surface area contributed by atoms with Crippen LogP contribution >= 0.6 is 0 Å². The fourth-order valence-electron chi connectivity index (χ4n) is 6.28. The number of rotatable bonds is 6. The zero-order valence-corrected chi connectivity index (χ0v) is 20.1. The average Bonchev–Trinajstić information content (AvgIpc) is 3.31. The van der Waals surface area contributed by atoms with E-state index in [1.807, 2.05) is 38.1 Å². The molecule has 2 N–H and O–H groups in total. The van der Waals surface area contributed by atoms with E-state index in [0.29, 0.717) is 13.1 Å². The van der Waals surface area contributed by atoms with Gasteiger partial charge in [-0.1, -0.05) is 62.4 Å². The normalized spacial score (nSPS) is 23.5. The van der Waals surface area contributed by atoms with Gasteiger partial charge in [0.25, 0.3) is 0 Å². The number of carboxylic acid groups (broad SMARTS) is 1. The third-order valence-corrected chi connectivity index (χ3v) is 7.98. The Hall–Kier alpha value is -3.35. The number of fused-ring (bicyclic) bond motifs is 5. The zero-order chi connectivity index (χ0) is 24.7. The summed E-state index contributed by atoms with van der Waals surface area (Å²) in [7, 11) is 0. The minimum absolute atomic E-state index is 0.0162. The van der Waals surface area contributed by atoms with Gasteiger partial charge >= 0.3 is 12.1 Å². The summed E-state index contributed by atoms with van der Waals surface area (Å²) in [5, 5.41) is 12.4. The lowest BCUT2D eigenvalue weighted by atomic mass is 9.84. The number of aliphatic carboxylic acids is 1. The lowest BCUT2D eigenvalue weighted by molar-refractivity contribution is -0.150. The molecule has 0 aromatic heterocycles. The summed E-state index contributed by atoms with van der Waals surface area (Å²) in [5.74, 6) is -1.50. The van der Waals surface area contributed by atoms with Crippen molar-refractivity contribution in [2.45, 2.75) is 38.6 Å². The number of nitrogens with zero attached hydrogens (tertiary/aromatic N) is 1. The molecule has 0 radical (unpaired) electrons. The second kappa shape index (κ2) is 9.36. The van der Waals surface area contributed by atoms with Gasteiger partial charge in [0.15, 0.2) is 0 Å². The highest BCUT2D eigenvalue weighted by Gasteiger charge is 2.48. The number of alkyl carbamates (subject to hydrolysis) is 1. The first kappa shape index (κ1) is 23.4. The maximum absolute atomic E-state index is 13.4. The molecule has 0 spiro atoms. The molecule has 1 heterocycles. The van der Waals surface area contributed by atoms with Crippen molar-refractivity contribution in [3.8, 4) is 11.1 Å². The van der Waals surface area contributed by atoms with E-state index in [-0.39, 0.29) is 42.1 Å². The number of carbonyl (C=O) groups is 3. The van der Waals surface area contributed by atoms with Gasteiger partial charge in [-0.25, -0.2) is 4.79 Å². The predicted molar refractivity (Wildman–Crippen MR) is 131 cm³/mol. The zero-order valence-electron chi connectivity index (χ0n) is 20.1. The third kappa shape index (κ3) is 4.28. The van der Waals surface area contributed by atoms with Crippen molar-refractivity contribution in [2.75, 3.05) is 19.7 Å². The third-order valence-electron chi connectivity index (χ3n) is 7.98. The van der Waals surface area contributed by atoms with Gasteiger partial charge in [-0.05, 0) is 52.8 Å². The second-order valence-corrected chi connectivity index (χ2v) is 10.4. The van der Waals surface area contributed by atoms with Gasteiger partial charge in [-0.15, -0.1) is 0 Å². The monoisotopic (exact) mass is 476 g/mol. The number of carbonyl (C=O) groups excluding carboxylic acids is 2. The van der Waals surface area contributed by atoms with E-state index >= 15 is 0 Å². The van der Waals surface area contributed by atoms with E-state index in [1.165, 1.54) is 0 Å². The van der Waals surface area contributed by atoms with Crippen molar-refractivity contribution in [1.29, 1.82) is 0 Å². The van der Waals surface area contributed by atoms with Crippen molar-refractivity contribution in [3.63, 3.8) is 0 Å². The van der Waals surface area contributed by atoms with Gasteiger partial charge < -0.3 is 20.1 Å². The summed E-state index contributed by atoms with van der Waals surface area (Å²) < 4.78 is 5.66. The van der Waals surface area contributed by atoms with Gasteiger partial charge in [0.05, 0.1) is 5.92 Å². The van der Waals surface area contributed by atoms with Gasteiger partial charge in [0.2, 0.25) is 5.91 Å². The van der Waals surface area contributed by atoms with Crippen LogP contribution in [0.1, 0.15) is 43.7 Å². The second-order valence-electron chi connectivity index (χ2n) is 10.4. The Bertz CT molecular complexity index is 1090. The highest BCUT2D eigenvalue weighted by molar-refractivity contribution is 5.86. The highest BCUT2D eigenvalue weighted by Crippen LogP contribution is 2.45. The van der Waals surface area contributed by atoms with Crippen LogP contribution in [0.15, 0.2) is 48.5 Å². The van der Waals surface area contributed by atoms with Gasteiger partial charge in [0, 0.05) is 19.0 Å². The molecule has 2 bridgehead atoms. The van der Waals surface area contributed by atoms with E-state index < -0.39 is 18.1 Å². The first-order valence-electron chi connectivity index (χ1n) is 12.5. The number of amides is 2. The van der Waals surface area contributed by atoms with Crippen LogP contribution in [-0.2, 0) is 14.3 Å². The minimum atomic E-state index is -0.762. The molecule has 2 aromatic carbocycles. The van der Waals surface area contributed by atoms with Gasteiger partial charge in [-0.2, -0.15) is 0 Å². The molecule has 2 fully saturated rings. The maximum Gasteiger partial charge on any atom is 0.407 e. The smallest absolute Gasteiger partial charge is 0.407 e. The lowest BCUT2D eigenvalue weighted by Gasteiger charge is -2.38. The van der Waals surface area contributed by atoms with Crippen LogP contribution in [0, 0.1) is 23.7 Å². The maximum atomic E-state index is 13.4. The largest absolute Gasteiger partial charge is 0.481 e. The van der Waals surface area contributed by atoms with Crippen LogP contribution in [0.2, 0.25) is 0 Å². The Morgan fingerprint density at radius 3 is 2.03 bits per heavy atom. The number of nitrogens with one attached hydrogen (secondary N) is 1. The van der Waals surface area contributed by atoms with Crippen molar-refractivity contribution in [2.24, 2.45) is 23.7 Å². The molecular weight excluding hydrogens is 444 g/mol. The molecule has 1 saturated carbocycles. The molecule has 184 valence electrons. The van der Waals surface area contributed by atoms with Crippen molar-refractivity contribution in [3.05, 3.63) is 59.7 Å². The fourth-order valence-corrected chi connectivity index (χ4v) is 6.28. The molecule has 1 aliphatic heterocycles. The number of carboxylic acids is 1. The number of hydrogen-bond donors (Lipinski definition) is 2. The number of benzene rings is 2. The fraction of sp³-hybridized carbons (Fsp3) is 0.464. The van der Waals surface area contributed by atoms with Crippen LogP contribution in [0.3, 0.4) is 0 Å². The van der Waals surface area contributed by atoms with E-state index in [0.717, 1.165) is 35.1 Å². The average molecular weight is 477 g/mol. The summed E-state index contributed by atoms with van der Waals surface area (Å²) >= 11 is 0. The Labute approximate surface area is 205 Å². The van der Waals surface area contributed by atoms with Crippen molar-refractivity contribution in [1.82, 2.24) is 10.2 Å². The number of piperidine rings is 1. The molecule has 3 aliphatic rings. The molecule has 5 rings (SSSR count). The Balaban J connectivity index is 1.24. The van der Waals surface area contributed by atoms with Crippen LogP contribution in [0.4, 0.5) is 4.79 Å². The molecule has 3 atom stereocenters. The predicted octanol–water partition coefficient (Wildman–Crippen LogP) is 4.12. The first-order chi connectivity index (χ1) is 16.8. The van der Waals surface area contributed by atoms with Crippen LogP contribution < -0.4 is 5.32 Å². The molecular formula is C28H32N2O5. The van der Waals surface area contributed by atoms with Crippen LogP contribution in [0.5, 0.6) is 0 Å². The summed E-state index contributed by atoms with van der Waals surface area (Å²) in [4.78, 5) is 39.6. The molecule has 2 aromatic rings. The standard InChI is InChI=1S/C28H32N2O5/c1-16(2)25(26(31)30-13-17-11-12-18(14-30)24(17)27(32)33)29-28(34)35-15-23-21-9-5-3-7-19(21)20-8-4-6-10-22(20)23/h3-10,16-18,23-25H,11-15H2,1-2H3,(H,29,34)(H,32,33)/t17?,18?,24?,25-/m0/s1. The molecule has 2 unspecified atom stereocenters. The SMILES string of the molecule is CC(C)[C@H](NC(=O)OCC1c2ccccc2-c2ccccc21)C(=O)N1CC2CCC(C1)C2C(=O)O. The summed E-state index contributed by atoms with van der Waals surface area (Å²) in [5.41, 5.74) is 4.59. The molecule has 1 saturated heterocycles. The molecule has 2 aliphatic carbocycles. The quantitative estimate of drug-likeness (QED) is 0.654. The Kier molecular flexibility index (Phi) is 6.26. The Morgan fingerprint density at radius 1 is 0.971 bits per heavy atom. The minimum Gasteiger partial charge on any atom is -0.481 e. The van der Waals surface area contributed by atoms with Gasteiger partial charge in [-0.3, -0.25) is 9.59 Å². The van der Waals surface area contributed by atoms with E-state index in [4.69, 9.17) is 4.74 Å². The number of likely N-dealkylation sites (tertiary alicyclic amines) is 1. The molecule has 7 heteroatoms. The van der Waals surface area contributed by atoms with Crippen molar-refractivity contribution < 1.29 is 24.2 Å². The first-order valence-corrected chi connectivity index (χ1v) is 12.5. The summed E-state index contributed by atoms with van der Waals surface area (Å²) in [6, 6.07) is 15.6. The highest BCUT2D eigenvalue weighted by atomic mass is 16.5. The number of hydrogen-bond acceptors (Lipinski definition) is 4. The van der Waals surface area contributed by atoms with Gasteiger partial charge in [0.1, 0.15) is 12.6 Å². The molecule has 7 nitrogen and oxygen atoms in total. The summed E-state index contributed by atoms with van der Waals surface area (Å²) in [6.07, 6.45) is 1.05. The summed E-state index contributed by atoms with van der Waals surface area (Å²) in [6.45, 7) is 4.84. The lowest BCUT2D eigenvalue weighted by Crippen LogP contribution is -2.55. The topological polar surface area (TPSA) is 95.9 Å². The van der Waals surface area contributed by atoms with Crippen LogP contribution in [-0.4, -0.2) is 53.7 Å². The van der Waals surface area contributed by atoms with Crippen molar-refractivity contribution >= 4 is 18.0 Å². The van der Waals surface area contributed by atoms with Crippen LogP contribution in [0.25, 0.3) is 11.1 Å². The molecule has 35 heavy (non-hydrogen) atoms. The molecule has 2 amide bonds. The van der Waals surface area contributed by atoms with E-state index in [2.05, 4.69) is 29.6 Å². The number of ether oxygens (including phenoxy) is 1. The van der Waals surface area contributed by atoms with E-state index in [1.54, 1.807) is 4.90 Å². The van der Waals surface area contributed by atoms with E-state index in [9.17, 15) is 19.5 Å².